The van der Waals surface area contributed by atoms with E-state index < -0.39 is 0 Å². The van der Waals surface area contributed by atoms with E-state index in [1.165, 1.54) is 0 Å². The van der Waals surface area contributed by atoms with E-state index in [4.69, 9.17) is 4.74 Å². The highest BCUT2D eigenvalue weighted by Crippen LogP contribution is 2.24. The summed E-state index contributed by atoms with van der Waals surface area (Å²) in [5.74, 6) is 1.09. The lowest BCUT2D eigenvalue weighted by atomic mass is 9.98. The second-order valence-electron chi connectivity index (χ2n) is 5.79. The minimum Gasteiger partial charge on any atom is -0.491 e. The molecule has 0 aliphatic rings. The van der Waals surface area contributed by atoms with Crippen LogP contribution in [0.15, 0.2) is 48.5 Å². The van der Waals surface area contributed by atoms with Crippen LogP contribution < -0.4 is 4.74 Å². The Morgan fingerprint density at radius 1 is 0.810 bits per heavy atom. The van der Waals surface area contributed by atoms with Crippen LogP contribution in [0.4, 0.5) is 0 Å². The fraction of sp³-hybridized carbons (Fsp3) is 0.316. The van der Waals surface area contributed by atoms with Crippen molar-refractivity contribution < 1.29 is 9.53 Å². The fourth-order valence-corrected chi connectivity index (χ4v) is 2.16. The summed E-state index contributed by atoms with van der Waals surface area (Å²) < 4.78 is 5.64. The van der Waals surface area contributed by atoms with Gasteiger partial charge in [0.15, 0.2) is 5.78 Å². The quantitative estimate of drug-likeness (QED) is 0.723. The van der Waals surface area contributed by atoms with Crippen molar-refractivity contribution in [2.75, 3.05) is 0 Å². The normalized spacial score (nSPS) is 11.0. The predicted molar refractivity (Wildman–Crippen MR) is 86.8 cm³/mol. The van der Waals surface area contributed by atoms with Crippen molar-refractivity contribution in [1.82, 2.24) is 0 Å². The zero-order chi connectivity index (χ0) is 15.4. The van der Waals surface area contributed by atoms with Crippen LogP contribution in [-0.4, -0.2) is 11.9 Å². The van der Waals surface area contributed by atoms with E-state index in [-0.39, 0.29) is 17.8 Å². The van der Waals surface area contributed by atoms with Gasteiger partial charge in [-0.25, -0.2) is 0 Å². The minimum absolute atomic E-state index is 0.0308. The molecule has 0 aliphatic heterocycles. The highest BCUT2D eigenvalue weighted by molar-refractivity contribution is 5.97. The molecule has 0 N–H and O–H groups in total. The molecule has 2 aromatic rings. The van der Waals surface area contributed by atoms with Crippen molar-refractivity contribution in [2.24, 2.45) is 5.92 Å². The first-order chi connectivity index (χ1) is 9.97. The molecule has 0 saturated heterocycles. The summed E-state index contributed by atoms with van der Waals surface area (Å²) in [6, 6.07) is 15.8. The van der Waals surface area contributed by atoms with Gasteiger partial charge in [-0.05, 0) is 37.1 Å². The molecule has 2 rings (SSSR count). The molecule has 0 radical (unpaired) electrons. The minimum atomic E-state index is 0.0308. The van der Waals surface area contributed by atoms with Crippen LogP contribution in [0.3, 0.4) is 0 Å². The van der Waals surface area contributed by atoms with E-state index in [9.17, 15) is 4.79 Å². The van der Waals surface area contributed by atoms with Crippen molar-refractivity contribution in [2.45, 2.75) is 33.8 Å². The van der Waals surface area contributed by atoms with E-state index in [2.05, 4.69) is 0 Å². The Kier molecular flexibility index (Phi) is 4.79. The first kappa shape index (κ1) is 15.3. The Labute approximate surface area is 126 Å². The van der Waals surface area contributed by atoms with Crippen molar-refractivity contribution in [3.05, 3.63) is 54.1 Å². The lowest BCUT2D eigenvalue weighted by Gasteiger charge is -2.10. The lowest BCUT2D eigenvalue weighted by molar-refractivity contribution is 0.0939. The molecular weight excluding hydrogens is 260 g/mol. The number of carbonyl (C=O) groups is 1. The molecule has 21 heavy (non-hydrogen) atoms. The monoisotopic (exact) mass is 282 g/mol. The Morgan fingerprint density at radius 3 is 1.71 bits per heavy atom. The van der Waals surface area contributed by atoms with E-state index in [1.807, 2.05) is 76.2 Å². The molecule has 0 fully saturated rings. The third-order valence-electron chi connectivity index (χ3n) is 3.25. The smallest absolute Gasteiger partial charge is 0.165 e. The van der Waals surface area contributed by atoms with Crippen LogP contribution in [0, 0.1) is 5.92 Å². The average molecular weight is 282 g/mol. The molecule has 0 aliphatic carbocycles. The van der Waals surface area contributed by atoms with Crippen LogP contribution in [0.1, 0.15) is 38.1 Å². The van der Waals surface area contributed by atoms with E-state index in [0.717, 1.165) is 22.4 Å². The van der Waals surface area contributed by atoms with Crippen LogP contribution in [0.25, 0.3) is 11.1 Å². The van der Waals surface area contributed by atoms with Gasteiger partial charge < -0.3 is 4.74 Å². The summed E-state index contributed by atoms with van der Waals surface area (Å²) in [6.07, 6.45) is 0.178. The maximum atomic E-state index is 11.9. The Hall–Kier alpha value is -2.09. The molecule has 0 bridgehead atoms. The second kappa shape index (κ2) is 6.57. The van der Waals surface area contributed by atoms with Gasteiger partial charge in [-0.1, -0.05) is 50.2 Å². The fourth-order valence-electron chi connectivity index (χ4n) is 2.16. The van der Waals surface area contributed by atoms with Gasteiger partial charge in [0.05, 0.1) is 6.10 Å². The maximum absolute atomic E-state index is 11.9. The number of carbonyl (C=O) groups excluding carboxylic acids is 1. The predicted octanol–water partition coefficient (Wildman–Crippen LogP) is 4.98. The first-order valence-electron chi connectivity index (χ1n) is 7.38. The third kappa shape index (κ3) is 3.94. The van der Waals surface area contributed by atoms with Crippen molar-refractivity contribution in [3.8, 4) is 16.9 Å². The zero-order valence-corrected chi connectivity index (χ0v) is 13.1. The largest absolute Gasteiger partial charge is 0.491 e. The van der Waals surface area contributed by atoms with Crippen molar-refractivity contribution >= 4 is 5.78 Å². The van der Waals surface area contributed by atoms with E-state index in [0.29, 0.717) is 0 Å². The van der Waals surface area contributed by atoms with Crippen LogP contribution in [0.2, 0.25) is 0 Å². The van der Waals surface area contributed by atoms with Crippen molar-refractivity contribution in [3.63, 3.8) is 0 Å². The number of benzene rings is 2. The average Bonchev–Trinajstić information content (AvgIpc) is 2.47. The Morgan fingerprint density at radius 2 is 1.29 bits per heavy atom. The summed E-state index contributed by atoms with van der Waals surface area (Å²) in [4.78, 5) is 11.9. The van der Waals surface area contributed by atoms with E-state index in [1.54, 1.807) is 0 Å². The Bertz CT molecular complexity index is 592. The molecule has 0 heterocycles. The number of hydrogen-bond donors (Lipinski definition) is 0. The number of rotatable bonds is 5. The van der Waals surface area contributed by atoms with Gasteiger partial charge in [0.25, 0.3) is 0 Å². The Balaban J connectivity index is 2.17. The van der Waals surface area contributed by atoms with Crippen LogP contribution in [0.5, 0.6) is 5.75 Å². The maximum Gasteiger partial charge on any atom is 0.165 e. The molecule has 0 unspecified atom stereocenters. The van der Waals surface area contributed by atoms with Gasteiger partial charge in [0.2, 0.25) is 0 Å². The van der Waals surface area contributed by atoms with Gasteiger partial charge >= 0.3 is 0 Å². The van der Waals surface area contributed by atoms with Gasteiger partial charge in [-0.3, -0.25) is 4.79 Å². The van der Waals surface area contributed by atoms with Gasteiger partial charge in [0, 0.05) is 11.5 Å². The van der Waals surface area contributed by atoms with Gasteiger partial charge in [-0.15, -0.1) is 0 Å². The molecule has 0 amide bonds. The van der Waals surface area contributed by atoms with Crippen LogP contribution >= 0.6 is 0 Å². The first-order valence-corrected chi connectivity index (χ1v) is 7.38. The molecule has 0 spiro atoms. The topological polar surface area (TPSA) is 26.3 Å². The van der Waals surface area contributed by atoms with E-state index >= 15 is 0 Å². The molecule has 2 heteroatoms. The summed E-state index contributed by atoms with van der Waals surface area (Å²) in [5, 5.41) is 0. The molecule has 0 aromatic heterocycles. The zero-order valence-electron chi connectivity index (χ0n) is 13.1. The second-order valence-corrected chi connectivity index (χ2v) is 5.79. The summed E-state index contributed by atoms with van der Waals surface area (Å²) >= 11 is 0. The summed E-state index contributed by atoms with van der Waals surface area (Å²) in [5.41, 5.74) is 2.99. The molecular formula is C19H22O2. The highest BCUT2D eigenvalue weighted by Gasteiger charge is 2.10. The number of ketones is 1. The number of ether oxygens (including phenoxy) is 1. The van der Waals surface area contributed by atoms with Crippen LogP contribution in [-0.2, 0) is 0 Å². The van der Waals surface area contributed by atoms with Gasteiger partial charge in [0.1, 0.15) is 5.75 Å². The third-order valence-corrected chi connectivity index (χ3v) is 3.25. The molecule has 0 saturated carbocycles. The number of Topliss-reactive ketones (excluding diaryl/α,β-unsaturated/α-hetero) is 1. The SMILES string of the molecule is CC(C)Oc1ccc(-c2ccc(C(=O)C(C)C)cc2)cc1. The molecule has 2 nitrogen and oxygen atoms in total. The van der Waals surface area contributed by atoms with Crippen molar-refractivity contribution in [1.29, 1.82) is 0 Å². The van der Waals surface area contributed by atoms with Gasteiger partial charge in [-0.2, -0.15) is 0 Å². The summed E-state index contributed by atoms with van der Waals surface area (Å²) in [7, 11) is 0. The highest BCUT2D eigenvalue weighted by atomic mass is 16.5. The summed E-state index contributed by atoms with van der Waals surface area (Å²) in [6.45, 7) is 7.87. The molecule has 110 valence electrons. The molecule has 0 atom stereocenters. The standard InChI is InChI=1S/C19H22O2/c1-13(2)19(20)17-7-5-15(6-8-17)16-9-11-18(12-10-16)21-14(3)4/h5-14H,1-4H3. The molecule has 2 aromatic carbocycles. The number of hydrogen-bond acceptors (Lipinski definition) is 2. The lowest BCUT2D eigenvalue weighted by Crippen LogP contribution is -2.06.